The minimum Gasteiger partial charge on any atom is -0.308 e. The van der Waals surface area contributed by atoms with Crippen molar-refractivity contribution in [3.05, 3.63) is 221 Å². The zero-order chi connectivity index (χ0) is 45.6. The van der Waals surface area contributed by atoms with Gasteiger partial charge in [0, 0.05) is 33.3 Å². The van der Waals surface area contributed by atoms with Gasteiger partial charge >= 0.3 is 0 Å². The standard InChI is InChI=1S/C63H48N4/c1-61(2,3)39-27-29-57-47(33-39)44-20-10-15-25-55(44)66(57)59-31-38(32-60(49(59)36-64)67-56-26-16-11-21-45(56)48-34-40(62(4,5)6)28-30-58(48)67)54-35-46-43-19-9-14-24-52(43)63(53(46)37-65-54)50-22-12-7-17-41(50)42-18-8-13-23-51(42)63/h7-35,37H,1-6H3. The Labute approximate surface area is 391 Å². The summed E-state index contributed by atoms with van der Waals surface area (Å²) in [4.78, 5) is 5.49. The second kappa shape index (κ2) is 13.8. The van der Waals surface area contributed by atoms with Crippen LogP contribution in [0.5, 0.6) is 0 Å². The molecule has 11 aromatic rings. The van der Waals surface area contributed by atoms with E-state index in [1.54, 1.807) is 0 Å². The van der Waals surface area contributed by atoms with Crippen LogP contribution in [-0.4, -0.2) is 14.1 Å². The summed E-state index contributed by atoms with van der Waals surface area (Å²) in [5.74, 6) is 0. The molecule has 0 radical (unpaired) electrons. The molecular weight excluding hydrogens is 813 g/mol. The molecule has 0 saturated carbocycles. The highest BCUT2D eigenvalue weighted by Crippen LogP contribution is 2.62. The molecule has 0 unspecified atom stereocenters. The number of aromatic nitrogens is 3. The minimum absolute atomic E-state index is 0.0369. The number of fused-ring (bicyclic) bond motifs is 16. The molecule has 2 aliphatic rings. The smallest absolute Gasteiger partial charge is 0.104 e. The topological polar surface area (TPSA) is 46.5 Å². The highest BCUT2D eigenvalue weighted by molar-refractivity contribution is 6.12. The molecule has 4 heteroatoms. The fourth-order valence-corrected chi connectivity index (χ4v) is 11.8. The fourth-order valence-electron chi connectivity index (χ4n) is 11.8. The summed E-state index contributed by atoms with van der Waals surface area (Å²) in [6.45, 7) is 13.6. The minimum atomic E-state index is -0.491. The summed E-state index contributed by atoms with van der Waals surface area (Å²) in [7, 11) is 0. The van der Waals surface area contributed by atoms with Crippen molar-refractivity contribution in [3.63, 3.8) is 0 Å². The van der Waals surface area contributed by atoms with Crippen LogP contribution in [0.4, 0.5) is 0 Å². The van der Waals surface area contributed by atoms with Crippen LogP contribution in [0.1, 0.15) is 80.5 Å². The van der Waals surface area contributed by atoms with Gasteiger partial charge in [-0.2, -0.15) is 5.26 Å². The van der Waals surface area contributed by atoms with E-state index in [1.807, 2.05) is 0 Å². The van der Waals surface area contributed by atoms with Crippen molar-refractivity contribution in [3.8, 4) is 51.0 Å². The molecule has 4 nitrogen and oxygen atoms in total. The van der Waals surface area contributed by atoms with Crippen molar-refractivity contribution < 1.29 is 0 Å². The largest absolute Gasteiger partial charge is 0.308 e. The first-order valence-corrected chi connectivity index (χ1v) is 23.4. The monoisotopic (exact) mass is 860 g/mol. The molecule has 2 aliphatic carbocycles. The number of pyridine rings is 1. The maximum absolute atomic E-state index is 11.7. The molecule has 3 heterocycles. The Bertz CT molecular complexity index is 3770. The van der Waals surface area contributed by atoms with E-state index < -0.39 is 5.41 Å². The number of benzene rings is 8. The molecule has 0 aliphatic heterocycles. The summed E-state index contributed by atoms with van der Waals surface area (Å²) in [6.07, 6.45) is 2.14. The Kier molecular flexibility index (Phi) is 8.09. The van der Waals surface area contributed by atoms with E-state index in [-0.39, 0.29) is 10.8 Å². The summed E-state index contributed by atoms with van der Waals surface area (Å²) in [5.41, 5.74) is 20.2. The van der Waals surface area contributed by atoms with Crippen LogP contribution < -0.4 is 0 Å². The van der Waals surface area contributed by atoms with E-state index in [0.717, 1.165) is 55.5 Å². The molecule has 320 valence electrons. The predicted molar refractivity (Wildman–Crippen MR) is 277 cm³/mol. The molecule has 0 amide bonds. The van der Waals surface area contributed by atoms with Crippen LogP contribution in [-0.2, 0) is 16.2 Å². The Morgan fingerprint density at radius 3 is 1.31 bits per heavy atom. The molecule has 13 rings (SSSR count). The van der Waals surface area contributed by atoms with E-state index in [4.69, 9.17) is 4.98 Å². The lowest BCUT2D eigenvalue weighted by Gasteiger charge is -2.30. The Balaban J connectivity index is 1.13. The average molecular weight is 861 g/mol. The van der Waals surface area contributed by atoms with Gasteiger partial charge < -0.3 is 9.13 Å². The molecule has 0 fully saturated rings. The Hall–Kier alpha value is -8.00. The number of nitriles is 1. The van der Waals surface area contributed by atoms with Gasteiger partial charge in [0.15, 0.2) is 0 Å². The SMILES string of the molecule is CC(C)(C)c1ccc2c(c1)c1ccccc1n2-c1cc(-c2cc3c(cn2)C2(c4ccccc4-c4ccccc42)c2ccccc2-3)cc(-n2c3ccccc3c3cc(C(C)(C)C)ccc32)c1C#N. The van der Waals surface area contributed by atoms with E-state index in [9.17, 15) is 5.26 Å². The van der Waals surface area contributed by atoms with Gasteiger partial charge in [-0.1, -0.05) is 163 Å². The van der Waals surface area contributed by atoms with E-state index in [1.165, 1.54) is 66.4 Å². The van der Waals surface area contributed by atoms with Gasteiger partial charge in [-0.25, -0.2) is 0 Å². The van der Waals surface area contributed by atoms with Crippen molar-refractivity contribution in [1.29, 1.82) is 5.26 Å². The maximum Gasteiger partial charge on any atom is 0.104 e. The summed E-state index contributed by atoms with van der Waals surface area (Å²) < 4.78 is 4.64. The molecule has 0 N–H and O–H groups in total. The normalized spacial score (nSPS) is 13.6. The van der Waals surface area contributed by atoms with Crippen LogP contribution in [0.15, 0.2) is 182 Å². The van der Waals surface area contributed by atoms with Crippen molar-refractivity contribution >= 4 is 43.6 Å². The quantitative estimate of drug-likeness (QED) is 0.178. The number of hydrogen-bond donors (Lipinski definition) is 0. The fraction of sp³-hybridized carbons (Fsp3) is 0.143. The van der Waals surface area contributed by atoms with Gasteiger partial charge in [0.2, 0.25) is 0 Å². The second-order valence-corrected chi connectivity index (χ2v) is 20.7. The maximum atomic E-state index is 11.7. The van der Waals surface area contributed by atoms with Gasteiger partial charge in [0.05, 0.1) is 44.6 Å². The van der Waals surface area contributed by atoms with E-state index >= 15 is 0 Å². The summed E-state index contributed by atoms with van der Waals surface area (Å²) >= 11 is 0. The third-order valence-electron chi connectivity index (χ3n) is 14.9. The summed E-state index contributed by atoms with van der Waals surface area (Å²) in [6, 6.07) is 67.2. The lowest BCUT2D eigenvalue weighted by atomic mass is 9.71. The zero-order valence-electron chi connectivity index (χ0n) is 38.6. The van der Waals surface area contributed by atoms with Crippen LogP contribution in [0.3, 0.4) is 0 Å². The number of nitrogens with zero attached hydrogens (tertiary/aromatic N) is 4. The molecule has 1 spiro atoms. The van der Waals surface area contributed by atoms with Crippen molar-refractivity contribution in [2.24, 2.45) is 0 Å². The molecule has 67 heavy (non-hydrogen) atoms. The lowest BCUT2D eigenvalue weighted by molar-refractivity contribution is 0.591. The number of para-hydroxylation sites is 2. The highest BCUT2D eigenvalue weighted by atomic mass is 15.0. The molecule has 0 bridgehead atoms. The highest BCUT2D eigenvalue weighted by Gasteiger charge is 2.51. The first-order chi connectivity index (χ1) is 32.5. The van der Waals surface area contributed by atoms with Crippen LogP contribution in [0.2, 0.25) is 0 Å². The van der Waals surface area contributed by atoms with Gasteiger partial charge in [-0.05, 0) is 121 Å². The lowest BCUT2D eigenvalue weighted by Crippen LogP contribution is -2.26. The zero-order valence-corrected chi connectivity index (χ0v) is 38.6. The van der Waals surface area contributed by atoms with Crippen LogP contribution >= 0.6 is 0 Å². The second-order valence-electron chi connectivity index (χ2n) is 20.7. The van der Waals surface area contributed by atoms with Crippen LogP contribution in [0, 0.1) is 11.3 Å². The Morgan fingerprint density at radius 2 is 0.851 bits per heavy atom. The van der Waals surface area contributed by atoms with Crippen LogP contribution in [0.25, 0.3) is 88.5 Å². The van der Waals surface area contributed by atoms with Crippen molar-refractivity contribution in [1.82, 2.24) is 14.1 Å². The van der Waals surface area contributed by atoms with Crippen molar-refractivity contribution in [2.75, 3.05) is 0 Å². The average Bonchev–Trinajstić information content (AvgIpc) is 4.04. The Morgan fingerprint density at radius 1 is 0.433 bits per heavy atom. The number of rotatable bonds is 3. The molecule has 3 aromatic heterocycles. The van der Waals surface area contributed by atoms with Gasteiger partial charge in [0.25, 0.3) is 0 Å². The molecule has 0 saturated heterocycles. The molecule has 0 atom stereocenters. The summed E-state index contributed by atoms with van der Waals surface area (Å²) in [5, 5.41) is 16.3. The third-order valence-corrected chi connectivity index (χ3v) is 14.9. The third kappa shape index (κ3) is 5.37. The first-order valence-electron chi connectivity index (χ1n) is 23.4. The predicted octanol–water partition coefficient (Wildman–Crippen LogP) is 15.8. The van der Waals surface area contributed by atoms with Gasteiger partial charge in [0.1, 0.15) is 11.6 Å². The van der Waals surface area contributed by atoms with Gasteiger partial charge in [-0.3, -0.25) is 4.98 Å². The molecule has 8 aromatic carbocycles. The number of hydrogen-bond acceptors (Lipinski definition) is 2. The van der Waals surface area contributed by atoms with Gasteiger partial charge in [-0.15, -0.1) is 0 Å². The first kappa shape index (κ1) is 39.4. The van der Waals surface area contributed by atoms with E-state index in [0.29, 0.717) is 5.56 Å². The van der Waals surface area contributed by atoms with Crippen molar-refractivity contribution in [2.45, 2.75) is 57.8 Å². The molecular formula is C63H48N4. The van der Waals surface area contributed by atoms with E-state index in [2.05, 4.69) is 239 Å².